The lowest BCUT2D eigenvalue weighted by atomic mass is 9.49. The summed E-state index contributed by atoms with van der Waals surface area (Å²) < 4.78 is 6.01. The molecule has 0 atom stereocenters. The Bertz CT molecular complexity index is 633. The van der Waals surface area contributed by atoms with Gasteiger partial charge in [-0.1, -0.05) is 0 Å². The maximum absolute atomic E-state index is 12.2. The number of rotatable bonds is 4. The highest BCUT2D eigenvalue weighted by Crippen LogP contribution is 2.59. The Hall–Kier alpha value is -1.95. The summed E-state index contributed by atoms with van der Waals surface area (Å²) in [6.07, 6.45) is 9.27. The van der Waals surface area contributed by atoms with Crippen molar-refractivity contribution in [3.05, 3.63) is 24.5 Å². The lowest BCUT2D eigenvalue weighted by Gasteiger charge is -2.60. The predicted octanol–water partition coefficient (Wildman–Crippen LogP) is 1.98. The molecule has 1 heterocycles. The zero-order chi connectivity index (χ0) is 17.4. The molecule has 134 valence electrons. The van der Waals surface area contributed by atoms with Gasteiger partial charge in [-0.2, -0.15) is 0 Å². The molecule has 0 radical (unpaired) electrons. The third kappa shape index (κ3) is 2.92. The molecule has 4 saturated carbocycles. The molecule has 0 spiro atoms. The van der Waals surface area contributed by atoms with E-state index in [4.69, 9.17) is 4.74 Å². The van der Waals surface area contributed by atoms with Crippen molar-refractivity contribution >= 4 is 17.5 Å². The molecule has 4 bridgehead atoms. The van der Waals surface area contributed by atoms with Gasteiger partial charge in [-0.3, -0.25) is 14.6 Å². The normalized spacial score (nSPS) is 35.4. The smallest absolute Gasteiger partial charge is 0.313 e. The fourth-order valence-electron chi connectivity index (χ4n) is 5.60. The molecule has 1 aromatic rings. The van der Waals surface area contributed by atoms with E-state index in [1.54, 1.807) is 25.4 Å². The molecule has 0 aliphatic heterocycles. The molecule has 6 nitrogen and oxygen atoms in total. The van der Waals surface area contributed by atoms with Gasteiger partial charge in [0.1, 0.15) is 0 Å². The van der Waals surface area contributed by atoms with Crippen LogP contribution in [0.2, 0.25) is 0 Å². The largest absolute Gasteiger partial charge is 0.376 e. The van der Waals surface area contributed by atoms with E-state index in [-0.39, 0.29) is 5.60 Å². The van der Waals surface area contributed by atoms with Gasteiger partial charge in [0, 0.05) is 19.9 Å². The molecule has 2 amide bonds. The number of nitrogens with one attached hydrogen (secondary N) is 2. The van der Waals surface area contributed by atoms with Crippen LogP contribution in [-0.2, 0) is 14.3 Å². The third-order valence-electron chi connectivity index (χ3n) is 6.55. The second-order valence-electron chi connectivity index (χ2n) is 7.84. The Morgan fingerprint density at radius 1 is 1.16 bits per heavy atom. The number of ether oxygens (including phenoxy) is 1. The minimum absolute atomic E-state index is 0.308. The van der Waals surface area contributed by atoms with Gasteiger partial charge in [-0.05, 0) is 67.9 Å². The zero-order valence-corrected chi connectivity index (χ0v) is 14.5. The van der Waals surface area contributed by atoms with Crippen LogP contribution in [0.25, 0.3) is 0 Å². The molecule has 0 aromatic carbocycles. The predicted molar refractivity (Wildman–Crippen MR) is 92.7 cm³/mol. The average Bonchev–Trinajstić information content (AvgIpc) is 2.62. The monoisotopic (exact) mass is 343 g/mol. The van der Waals surface area contributed by atoms with Crippen molar-refractivity contribution in [3.8, 4) is 0 Å². The molecule has 25 heavy (non-hydrogen) atoms. The highest BCUT2D eigenvalue weighted by molar-refractivity contribution is 6.39. The standard InChI is InChI=1S/C19H25N3O3/c1-25-19(14-6-12-5-13(8-14)9-15(19)7-12)11-21-17(23)18(24)22-16-3-2-4-20-10-16/h2-4,10,12-15H,5-9,11H2,1H3,(H,21,23)(H,22,24). The highest BCUT2D eigenvalue weighted by atomic mass is 16.5. The van der Waals surface area contributed by atoms with E-state index in [2.05, 4.69) is 15.6 Å². The van der Waals surface area contributed by atoms with E-state index in [9.17, 15) is 9.59 Å². The van der Waals surface area contributed by atoms with E-state index < -0.39 is 11.8 Å². The van der Waals surface area contributed by atoms with Crippen molar-refractivity contribution in [1.82, 2.24) is 10.3 Å². The Morgan fingerprint density at radius 2 is 1.84 bits per heavy atom. The van der Waals surface area contributed by atoms with E-state index >= 15 is 0 Å². The Kier molecular flexibility index (Phi) is 4.23. The second-order valence-corrected chi connectivity index (χ2v) is 7.84. The second kappa shape index (κ2) is 6.41. The Labute approximate surface area is 147 Å². The van der Waals surface area contributed by atoms with Gasteiger partial charge in [-0.15, -0.1) is 0 Å². The minimum atomic E-state index is -0.664. The minimum Gasteiger partial charge on any atom is -0.376 e. The number of carbonyl (C=O) groups is 2. The fraction of sp³-hybridized carbons (Fsp3) is 0.632. The number of aromatic nitrogens is 1. The average molecular weight is 343 g/mol. The van der Waals surface area contributed by atoms with E-state index in [1.165, 1.54) is 38.3 Å². The number of methoxy groups -OCH3 is 1. The molecular formula is C19H25N3O3. The van der Waals surface area contributed by atoms with E-state index in [0.717, 1.165) is 11.8 Å². The van der Waals surface area contributed by atoms with Crippen LogP contribution < -0.4 is 10.6 Å². The van der Waals surface area contributed by atoms with Gasteiger partial charge >= 0.3 is 11.8 Å². The first-order valence-electron chi connectivity index (χ1n) is 9.15. The SMILES string of the molecule is COC1(CNC(=O)C(=O)Nc2cccnc2)C2CC3CC(C2)CC1C3. The molecular weight excluding hydrogens is 318 g/mol. The third-order valence-corrected chi connectivity index (χ3v) is 6.55. The van der Waals surface area contributed by atoms with Crippen LogP contribution in [0.4, 0.5) is 5.69 Å². The first-order valence-corrected chi connectivity index (χ1v) is 9.15. The lowest BCUT2D eigenvalue weighted by Crippen LogP contribution is -2.63. The maximum Gasteiger partial charge on any atom is 0.313 e. The van der Waals surface area contributed by atoms with Crippen molar-refractivity contribution in [1.29, 1.82) is 0 Å². The molecule has 6 heteroatoms. The zero-order valence-electron chi connectivity index (χ0n) is 14.5. The van der Waals surface area contributed by atoms with Crippen LogP contribution in [0.3, 0.4) is 0 Å². The van der Waals surface area contributed by atoms with Gasteiger partial charge in [0.2, 0.25) is 0 Å². The summed E-state index contributed by atoms with van der Waals surface area (Å²) in [5, 5.41) is 5.40. The summed E-state index contributed by atoms with van der Waals surface area (Å²) in [5.74, 6) is 1.37. The number of nitrogens with zero attached hydrogens (tertiary/aromatic N) is 1. The molecule has 0 unspecified atom stereocenters. The van der Waals surface area contributed by atoms with Crippen molar-refractivity contribution < 1.29 is 14.3 Å². The Balaban J connectivity index is 1.39. The van der Waals surface area contributed by atoms with Crippen molar-refractivity contribution in [2.24, 2.45) is 23.7 Å². The van der Waals surface area contributed by atoms with Gasteiger partial charge < -0.3 is 15.4 Å². The summed E-state index contributed by atoms with van der Waals surface area (Å²) in [7, 11) is 1.75. The van der Waals surface area contributed by atoms with Crippen molar-refractivity contribution in [2.75, 3.05) is 19.0 Å². The molecule has 2 N–H and O–H groups in total. The van der Waals surface area contributed by atoms with Crippen LogP contribution in [0, 0.1) is 23.7 Å². The quantitative estimate of drug-likeness (QED) is 0.819. The van der Waals surface area contributed by atoms with Gasteiger partial charge in [0.15, 0.2) is 0 Å². The van der Waals surface area contributed by atoms with Crippen LogP contribution in [-0.4, -0.2) is 36.1 Å². The first-order chi connectivity index (χ1) is 12.1. The molecule has 4 aliphatic rings. The molecule has 1 aromatic heterocycles. The van der Waals surface area contributed by atoms with Crippen LogP contribution >= 0.6 is 0 Å². The van der Waals surface area contributed by atoms with Crippen LogP contribution in [0.5, 0.6) is 0 Å². The fourth-order valence-corrected chi connectivity index (χ4v) is 5.60. The lowest BCUT2D eigenvalue weighted by molar-refractivity contribution is -0.188. The van der Waals surface area contributed by atoms with E-state index in [0.29, 0.717) is 24.1 Å². The van der Waals surface area contributed by atoms with Crippen LogP contribution in [0.15, 0.2) is 24.5 Å². The number of amides is 2. The highest BCUT2D eigenvalue weighted by Gasteiger charge is 2.57. The number of hydrogen-bond donors (Lipinski definition) is 2. The summed E-state index contributed by atoms with van der Waals surface area (Å²) in [4.78, 5) is 28.3. The Morgan fingerprint density at radius 3 is 2.40 bits per heavy atom. The molecule has 4 aliphatic carbocycles. The first kappa shape index (κ1) is 16.5. The van der Waals surface area contributed by atoms with E-state index in [1.807, 2.05) is 0 Å². The maximum atomic E-state index is 12.2. The molecule has 5 rings (SSSR count). The van der Waals surface area contributed by atoms with Crippen molar-refractivity contribution in [2.45, 2.75) is 37.7 Å². The molecule has 4 fully saturated rings. The summed E-state index contributed by atoms with van der Waals surface area (Å²) >= 11 is 0. The van der Waals surface area contributed by atoms with Gasteiger partial charge in [0.05, 0.1) is 17.5 Å². The van der Waals surface area contributed by atoms with Crippen molar-refractivity contribution in [3.63, 3.8) is 0 Å². The topological polar surface area (TPSA) is 80.3 Å². The van der Waals surface area contributed by atoms with Gasteiger partial charge in [-0.25, -0.2) is 0 Å². The van der Waals surface area contributed by atoms with Gasteiger partial charge in [0.25, 0.3) is 0 Å². The number of carbonyl (C=O) groups excluding carboxylic acids is 2. The summed E-state index contributed by atoms with van der Waals surface area (Å²) in [6, 6.07) is 3.41. The summed E-state index contributed by atoms with van der Waals surface area (Å²) in [5.41, 5.74) is 0.205. The number of hydrogen-bond acceptors (Lipinski definition) is 4. The summed E-state index contributed by atoms with van der Waals surface area (Å²) in [6.45, 7) is 0.414. The number of anilines is 1. The molecule has 0 saturated heterocycles. The van der Waals surface area contributed by atoms with Crippen LogP contribution in [0.1, 0.15) is 32.1 Å². The number of pyridine rings is 1.